The Kier molecular flexibility index (Phi) is 6.43. The number of carbonyl (C=O) groups is 1. The average molecular weight is 367 g/mol. The summed E-state index contributed by atoms with van der Waals surface area (Å²) in [6.07, 6.45) is 11.2. The molecule has 4 atom stereocenters. The van der Waals surface area contributed by atoms with Crippen LogP contribution < -0.4 is 16.2 Å². The number of carbonyl (C=O) groups excluding carboxylic acids is 1. The fourth-order valence-corrected chi connectivity index (χ4v) is 4.80. The highest BCUT2D eigenvalue weighted by atomic mass is 16.7. The van der Waals surface area contributed by atoms with Crippen LogP contribution in [0.3, 0.4) is 0 Å². The zero-order chi connectivity index (χ0) is 17.8. The summed E-state index contributed by atoms with van der Waals surface area (Å²) in [5.41, 5.74) is 6.35. The van der Waals surface area contributed by atoms with E-state index in [-0.39, 0.29) is 30.2 Å². The normalized spacial score (nSPS) is 36.6. The number of hydrogen-bond acceptors (Lipinski definition) is 6. The van der Waals surface area contributed by atoms with Crippen molar-refractivity contribution in [3.05, 3.63) is 0 Å². The van der Waals surface area contributed by atoms with E-state index in [1.807, 2.05) is 0 Å². The molecular formula is C19H34N4O3. The van der Waals surface area contributed by atoms with Gasteiger partial charge in [0.05, 0.1) is 12.1 Å². The minimum atomic E-state index is -0.263. The molecule has 4 unspecified atom stereocenters. The van der Waals surface area contributed by atoms with Gasteiger partial charge in [0.2, 0.25) is 5.91 Å². The molecule has 0 bridgehead atoms. The van der Waals surface area contributed by atoms with E-state index < -0.39 is 0 Å². The Labute approximate surface area is 156 Å². The van der Waals surface area contributed by atoms with Crippen molar-refractivity contribution < 1.29 is 14.4 Å². The van der Waals surface area contributed by atoms with Gasteiger partial charge in [-0.1, -0.05) is 32.1 Å². The van der Waals surface area contributed by atoms with Crippen LogP contribution in [0.4, 0.5) is 0 Å². The quantitative estimate of drug-likeness (QED) is 0.654. The fraction of sp³-hybridized carbons (Fsp3) is 0.947. The number of nitrogens with one attached hydrogen (secondary N) is 3. The summed E-state index contributed by atoms with van der Waals surface area (Å²) in [6, 6.07) is -0.0853. The summed E-state index contributed by atoms with van der Waals surface area (Å²) in [4.78, 5) is 18.1. The topological polar surface area (TPSA) is 74.9 Å². The maximum atomic E-state index is 12.5. The van der Waals surface area contributed by atoms with Crippen molar-refractivity contribution >= 4 is 5.91 Å². The van der Waals surface area contributed by atoms with Gasteiger partial charge in [0.15, 0.2) is 0 Å². The molecule has 3 saturated heterocycles. The molecule has 4 aliphatic rings. The Hall–Kier alpha value is -0.730. The summed E-state index contributed by atoms with van der Waals surface area (Å²) in [7, 11) is 0. The molecule has 4 fully saturated rings. The van der Waals surface area contributed by atoms with E-state index in [1.165, 1.54) is 38.5 Å². The van der Waals surface area contributed by atoms with Crippen molar-refractivity contribution in [3.8, 4) is 0 Å². The second-order valence-electron chi connectivity index (χ2n) is 8.42. The minimum Gasteiger partial charge on any atom is -0.375 e. The van der Waals surface area contributed by atoms with Gasteiger partial charge >= 0.3 is 0 Å². The lowest BCUT2D eigenvalue weighted by molar-refractivity contribution is -0.125. The molecule has 3 aliphatic heterocycles. The molecule has 148 valence electrons. The molecular weight excluding hydrogens is 332 g/mol. The van der Waals surface area contributed by atoms with Crippen molar-refractivity contribution in [2.75, 3.05) is 26.2 Å². The van der Waals surface area contributed by atoms with E-state index >= 15 is 0 Å². The second-order valence-corrected chi connectivity index (χ2v) is 8.42. The van der Waals surface area contributed by atoms with Crippen molar-refractivity contribution in [2.24, 2.45) is 5.92 Å². The summed E-state index contributed by atoms with van der Waals surface area (Å²) in [6.45, 7) is 3.61. The molecule has 26 heavy (non-hydrogen) atoms. The lowest BCUT2D eigenvalue weighted by Crippen LogP contribution is -2.47. The van der Waals surface area contributed by atoms with Crippen LogP contribution in [0.25, 0.3) is 0 Å². The lowest BCUT2D eigenvalue weighted by Gasteiger charge is -2.24. The van der Waals surface area contributed by atoms with E-state index in [0.717, 1.165) is 45.0 Å². The van der Waals surface area contributed by atoms with Crippen molar-refractivity contribution in [3.63, 3.8) is 0 Å². The van der Waals surface area contributed by atoms with Gasteiger partial charge in [0.1, 0.15) is 12.1 Å². The first kappa shape index (κ1) is 18.6. The van der Waals surface area contributed by atoms with E-state index in [1.54, 1.807) is 0 Å². The standard InChI is InChI=1S/C19H34N4O3/c24-19(16-11-18(26-22-16)17-7-4-10-25-17)21-15-12-20-23(13-15)9-8-14-5-2-1-3-6-14/h14-18,20,22H,1-13H2,(H,21,24). The minimum absolute atomic E-state index is 0.00180. The van der Waals surface area contributed by atoms with Gasteiger partial charge in [-0.3, -0.25) is 15.1 Å². The first-order valence-electron chi connectivity index (χ1n) is 10.6. The second kappa shape index (κ2) is 8.97. The molecule has 1 saturated carbocycles. The molecule has 1 amide bonds. The third kappa shape index (κ3) is 4.75. The Balaban J connectivity index is 1.15. The van der Waals surface area contributed by atoms with E-state index in [9.17, 15) is 4.79 Å². The monoisotopic (exact) mass is 366 g/mol. The van der Waals surface area contributed by atoms with E-state index in [0.29, 0.717) is 6.42 Å². The van der Waals surface area contributed by atoms with Crippen LogP contribution in [0, 0.1) is 5.92 Å². The van der Waals surface area contributed by atoms with Crippen LogP contribution in [-0.2, 0) is 14.4 Å². The number of hydroxylamine groups is 1. The molecule has 3 heterocycles. The molecule has 3 N–H and O–H groups in total. The first-order valence-corrected chi connectivity index (χ1v) is 10.6. The van der Waals surface area contributed by atoms with Gasteiger partial charge in [-0.05, 0) is 25.2 Å². The fourth-order valence-electron chi connectivity index (χ4n) is 4.80. The van der Waals surface area contributed by atoms with Crippen LogP contribution in [0.5, 0.6) is 0 Å². The lowest BCUT2D eigenvalue weighted by atomic mass is 9.87. The predicted octanol–water partition coefficient (Wildman–Crippen LogP) is 1.10. The number of hydrazine groups is 1. The molecule has 4 rings (SSSR count). The molecule has 0 aromatic carbocycles. The van der Waals surface area contributed by atoms with Gasteiger partial charge in [0, 0.05) is 32.7 Å². The van der Waals surface area contributed by atoms with Gasteiger partial charge in [-0.15, -0.1) is 0 Å². The third-order valence-electron chi connectivity index (χ3n) is 6.41. The van der Waals surface area contributed by atoms with E-state index in [2.05, 4.69) is 21.2 Å². The number of ether oxygens (including phenoxy) is 1. The van der Waals surface area contributed by atoms with Gasteiger partial charge in [-0.25, -0.2) is 5.01 Å². The van der Waals surface area contributed by atoms with Crippen molar-refractivity contribution in [2.45, 2.75) is 82.1 Å². The zero-order valence-electron chi connectivity index (χ0n) is 15.8. The number of amides is 1. The van der Waals surface area contributed by atoms with Crippen LogP contribution in [-0.4, -0.2) is 61.4 Å². The van der Waals surface area contributed by atoms with Crippen LogP contribution >= 0.6 is 0 Å². The average Bonchev–Trinajstić information content (AvgIpc) is 3.41. The molecule has 0 aromatic rings. The Morgan fingerprint density at radius 2 is 2.00 bits per heavy atom. The predicted molar refractivity (Wildman–Crippen MR) is 98.1 cm³/mol. The molecule has 1 aliphatic carbocycles. The SMILES string of the molecule is O=C(NC1CNN(CCC2CCCCC2)C1)C1CC(C2CCCO2)ON1. The molecule has 0 spiro atoms. The summed E-state index contributed by atoms with van der Waals surface area (Å²) >= 11 is 0. The van der Waals surface area contributed by atoms with Gasteiger partial charge in [0.25, 0.3) is 0 Å². The Bertz CT molecular complexity index is 466. The largest absolute Gasteiger partial charge is 0.375 e. The molecule has 7 heteroatoms. The first-order chi connectivity index (χ1) is 12.8. The summed E-state index contributed by atoms with van der Waals surface area (Å²) in [5, 5.41) is 5.46. The van der Waals surface area contributed by atoms with Crippen molar-refractivity contribution in [1.29, 1.82) is 0 Å². The number of hydrogen-bond donors (Lipinski definition) is 3. The number of rotatable bonds is 6. The number of nitrogens with zero attached hydrogens (tertiary/aromatic N) is 1. The van der Waals surface area contributed by atoms with Gasteiger partial charge in [-0.2, -0.15) is 5.48 Å². The van der Waals surface area contributed by atoms with Crippen molar-refractivity contribution in [1.82, 2.24) is 21.2 Å². The maximum absolute atomic E-state index is 12.5. The summed E-state index contributed by atoms with van der Waals surface area (Å²) < 4.78 is 5.68. The smallest absolute Gasteiger partial charge is 0.239 e. The molecule has 0 radical (unpaired) electrons. The maximum Gasteiger partial charge on any atom is 0.239 e. The van der Waals surface area contributed by atoms with Crippen LogP contribution in [0.1, 0.15) is 57.8 Å². The third-order valence-corrected chi connectivity index (χ3v) is 6.41. The van der Waals surface area contributed by atoms with Crippen LogP contribution in [0.2, 0.25) is 0 Å². The molecule has 7 nitrogen and oxygen atoms in total. The Morgan fingerprint density at radius 1 is 1.12 bits per heavy atom. The van der Waals surface area contributed by atoms with Gasteiger partial charge < -0.3 is 10.1 Å². The molecule has 0 aromatic heterocycles. The Morgan fingerprint density at radius 3 is 2.81 bits per heavy atom. The highest BCUT2D eigenvalue weighted by Crippen LogP contribution is 2.26. The zero-order valence-corrected chi connectivity index (χ0v) is 15.8. The van der Waals surface area contributed by atoms with Crippen LogP contribution in [0.15, 0.2) is 0 Å². The summed E-state index contributed by atoms with van der Waals surface area (Å²) in [5.74, 6) is 0.945. The van der Waals surface area contributed by atoms with E-state index in [4.69, 9.17) is 9.57 Å². The highest BCUT2D eigenvalue weighted by molar-refractivity contribution is 5.82. The highest BCUT2D eigenvalue weighted by Gasteiger charge is 2.38.